The van der Waals surface area contributed by atoms with Gasteiger partial charge < -0.3 is 14.8 Å². The largest absolute Gasteiger partial charge is 0.486 e. The number of carbonyl (C=O) groups is 1. The third kappa shape index (κ3) is 2.52. The summed E-state index contributed by atoms with van der Waals surface area (Å²) >= 11 is 6.42. The van der Waals surface area contributed by atoms with Gasteiger partial charge in [-0.3, -0.25) is 4.79 Å². The van der Waals surface area contributed by atoms with Crippen LogP contribution in [0.25, 0.3) is 0 Å². The minimum atomic E-state index is -0.250. The molecule has 4 saturated carbocycles. The van der Waals surface area contributed by atoms with Crippen molar-refractivity contribution < 1.29 is 14.3 Å². The number of rotatable bonds is 2. The van der Waals surface area contributed by atoms with E-state index in [0.717, 1.165) is 19.3 Å². The quantitative estimate of drug-likeness (QED) is 0.787. The molecule has 1 aromatic rings. The summed E-state index contributed by atoms with van der Waals surface area (Å²) in [7, 11) is 0. The fourth-order valence-corrected chi connectivity index (χ4v) is 7.32. The van der Waals surface area contributed by atoms with Gasteiger partial charge in [0.05, 0.1) is 16.1 Å². The second kappa shape index (κ2) is 5.31. The van der Waals surface area contributed by atoms with E-state index in [0.29, 0.717) is 52.2 Å². The lowest BCUT2D eigenvalue weighted by molar-refractivity contribution is -0.165. The average Bonchev–Trinajstić information content (AvgIpc) is 2.52. The van der Waals surface area contributed by atoms with Crippen LogP contribution in [0.2, 0.25) is 5.02 Å². The molecule has 4 aliphatic carbocycles. The molecule has 0 saturated heterocycles. The molecular weight excluding hydrogens is 350 g/mol. The lowest BCUT2D eigenvalue weighted by atomic mass is 9.40. The summed E-state index contributed by atoms with van der Waals surface area (Å²) in [5.41, 5.74) is 0.996. The minimum Gasteiger partial charge on any atom is -0.486 e. The van der Waals surface area contributed by atoms with Gasteiger partial charge in [-0.2, -0.15) is 0 Å². The zero-order chi connectivity index (χ0) is 18.2. The molecule has 2 unspecified atom stereocenters. The number of benzene rings is 1. The normalized spacial score (nSPS) is 39.7. The highest BCUT2D eigenvalue weighted by Crippen LogP contribution is 2.69. The smallest absolute Gasteiger partial charge is 0.230 e. The van der Waals surface area contributed by atoms with Crippen molar-refractivity contribution in [2.24, 2.45) is 22.2 Å². The maximum absolute atomic E-state index is 13.4. The Balaban J connectivity index is 1.44. The van der Waals surface area contributed by atoms with Crippen LogP contribution < -0.4 is 14.8 Å². The SMILES string of the molecule is CC12CC3CC(C)(C1)CC(C(=O)Nc1cc4c(cc1Cl)OCCO4)(C3)C2. The number of hydrogen-bond donors (Lipinski definition) is 1. The topological polar surface area (TPSA) is 47.6 Å². The summed E-state index contributed by atoms with van der Waals surface area (Å²) in [6.07, 6.45) is 6.84. The number of fused-ring (bicyclic) bond motifs is 1. The van der Waals surface area contributed by atoms with Gasteiger partial charge in [0.25, 0.3) is 0 Å². The Kier molecular flexibility index (Phi) is 3.42. The average molecular weight is 376 g/mol. The van der Waals surface area contributed by atoms with Crippen molar-refractivity contribution in [2.45, 2.75) is 52.4 Å². The molecule has 1 N–H and O–H groups in total. The molecule has 5 heteroatoms. The monoisotopic (exact) mass is 375 g/mol. The number of hydrogen-bond acceptors (Lipinski definition) is 3. The molecule has 1 heterocycles. The predicted molar refractivity (Wildman–Crippen MR) is 101 cm³/mol. The summed E-state index contributed by atoms with van der Waals surface area (Å²) in [6.45, 7) is 5.81. The summed E-state index contributed by atoms with van der Waals surface area (Å²) in [4.78, 5) is 13.4. The van der Waals surface area contributed by atoms with E-state index in [-0.39, 0.29) is 11.3 Å². The Morgan fingerprint density at radius 3 is 2.27 bits per heavy atom. The second-order valence-corrected chi connectivity index (χ2v) is 10.2. The fourth-order valence-electron chi connectivity index (χ4n) is 7.12. The van der Waals surface area contributed by atoms with Gasteiger partial charge in [0, 0.05) is 12.1 Å². The van der Waals surface area contributed by atoms with Crippen LogP contribution in [0, 0.1) is 22.2 Å². The maximum atomic E-state index is 13.4. The third-order valence-electron chi connectivity index (χ3n) is 6.99. The van der Waals surface area contributed by atoms with Crippen LogP contribution in [0.3, 0.4) is 0 Å². The van der Waals surface area contributed by atoms with Gasteiger partial charge in [-0.1, -0.05) is 25.4 Å². The van der Waals surface area contributed by atoms with E-state index in [4.69, 9.17) is 21.1 Å². The molecule has 4 nitrogen and oxygen atoms in total. The molecule has 2 atom stereocenters. The molecule has 0 spiro atoms. The highest BCUT2D eigenvalue weighted by atomic mass is 35.5. The van der Waals surface area contributed by atoms with E-state index in [9.17, 15) is 4.79 Å². The first kappa shape index (κ1) is 16.7. The number of anilines is 1. The van der Waals surface area contributed by atoms with E-state index < -0.39 is 0 Å². The molecule has 4 fully saturated rings. The molecule has 1 amide bonds. The Labute approximate surface area is 159 Å². The zero-order valence-corrected chi connectivity index (χ0v) is 16.2. The minimum absolute atomic E-state index is 0.137. The molecule has 140 valence electrons. The van der Waals surface area contributed by atoms with Crippen LogP contribution in [0.4, 0.5) is 5.69 Å². The Hall–Kier alpha value is -1.42. The van der Waals surface area contributed by atoms with Crippen molar-refractivity contribution in [3.63, 3.8) is 0 Å². The van der Waals surface area contributed by atoms with Crippen molar-refractivity contribution in [3.05, 3.63) is 17.2 Å². The first-order chi connectivity index (χ1) is 12.3. The van der Waals surface area contributed by atoms with E-state index in [2.05, 4.69) is 19.2 Å². The Bertz CT molecular complexity index is 774. The number of nitrogens with one attached hydrogen (secondary N) is 1. The number of halogens is 1. The molecule has 5 aliphatic rings. The van der Waals surface area contributed by atoms with Crippen molar-refractivity contribution in [2.75, 3.05) is 18.5 Å². The standard InChI is InChI=1S/C21H26ClNO3/c1-19-7-13-8-20(2,10-19)12-21(9-13,11-19)18(24)23-15-6-17-16(5-14(15)22)25-3-4-26-17/h5-6,13H,3-4,7-12H2,1-2H3,(H,23,24). The van der Waals surface area contributed by atoms with Crippen molar-refractivity contribution in [1.29, 1.82) is 0 Å². The van der Waals surface area contributed by atoms with E-state index >= 15 is 0 Å². The molecule has 4 bridgehead atoms. The molecule has 26 heavy (non-hydrogen) atoms. The predicted octanol–water partition coefficient (Wildman–Crippen LogP) is 5.05. The zero-order valence-electron chi connectivity index (χ0n) is 15.5. The van der Waals surface area contributed by atoms with Crippen LogP contribution in [0.5, 0.6) is 11.5 Å². The number of amides is 1. The van der Waals surface area contributed by atoms with Gasteiger partial charge in [-0.25, -0.2) is 0 Å². The van der Waals surface area contributed by atoms with E-state index in [1.54, 1.807) is 12.1 Å². The summed E-state index contributed by atoms with van der Waals surface area (Å²) in [6, 6.07) is 3.55. The van der Waals surface area contributed by atoms with Crippen LogP contribution >= 0.6 is 11.6 Å². The molecule has 1 aromatic carbocycles. The molecule has 0 radical (unpaired) electrons. The highest BCUT2D eigenvalue weighted by Gasteiger charge is 2.62. The maximum Gasteiger partial charge on any atom is 0.230 e. The first-order valence-corrected chi connectivity index (χ1v) is 10.1. The molecule has 1 aliphatic heterocycles. The number of ether oxygens (including phenoxy) is 2. The summed E-state index contributed by atoms with van der Waals surface area (Å²) < 4.78 is 11.2. The molecular formula is C21H26ClNO3. The Morgan fingerprint density at radius 1 is 1.04 bits per heavy atom. The highest BCUT2D eigenvalue weighted by molar-refractivity contribution is 6.34. The van der Waals surface area contributed by atoms with Crippen LogP contribution in [0.15, 0.2) is 12.1 Å². The van der Waals surface area contributed by atoms with E-state index in [1.807, 2.05) is 0 Å². The lowest BCUT2D eigenvalue weighted by Crippen LogP contribution is -2.58. The lowest BCUT2D eigenvalue weighted by Gasteiger charge is -2.64. The van der Waals surface area contributed by atoms with Gasteiger partial charge in [0.2, 0.25) is 5.91 Å². The van der Waals surface area contributed by atoms with Crippen LogP contribution in [-0.2, 0) is 4.79 Å². The van der Waals surface area contributed by atoms with Gasteiger partial charge in [0.1, 0.15) is 13.2 Å². The molecule has 0 aromatic heterocycles. The van der Waals surface area contributed by atoms with Gasteiger partial charge in [-0.05, 0) is 55.3 Å². The number of carbonyl (C=O) groups excluding carboxylic acids is 1. The van der Waals surface area contributed by atoms with Crippen LogP contribution in [0.1, 0.15) is 52.4 Å². The fraction of sp³-hybridized carbons (Fsp3) is 0.667. The summed E-state index contributed by atoms with van der Waals surface area (Å²) in [5.74, 6) is 2.12. The molecule has 6 rings (SSSR count). The van der Waals surface area contributed by atoms with Gasteiger partial charge in [0.15, 0.2) is 11.5 Å². The Morgan fingerprint density at radius 2 is 1.65 bits per heavy atom. The first-order valence-electron chi connectivity index (χ1n) is 9.69. The van der Waals surface area contributed by atoms with Crippen LogP contribution in [-0.4, -0.2) is 19.1 Å². The second-order valence-electron chi connectivity index (χ2n) is 9.84. The van der Waals surface area contributed by atoms with E-state index in [1.165, 1.54) is 19.3 Å². The van der Waals surface area contributed by atoms with Gasteiger partial charge >= 0.3 is 0 Å². The van der Waals surface area contributed by atoms with Crippen molar-refractivity contribution >= 4 is 23.2 Å². The summed E-state index contributed by atoms with van der Waals surface area (Å²) in [5, 5.41) is 3.65. The van der Waals surface area contributed by atoms with Crippen molar-refractivity contribution in [3.8, 4) is 11.5 Å². The third-order valence-corrected chi connectivity index (χ3v) is 7.30. The van der Waals surface area contributed by atoms with Gasteiger partial charge in [-0.15, -0.1) is 0 Å². The van der Waals surface area contributed by atoms with Crippen molar-refractivity contribution in [1.82, 2.24) is 0 Å².